The number of nitrogens with two attached hydrogens (primary N) is 1. The van der Waals surface area contributed by atoms with Gasteiger partial charge in [-0.3, -0.25) is 9.69 Å². The van der Waals surface area contributed by atoms with Crippen molar-refractivity contribution in [2.45, 2.75) is 57.5 Å². The van der Waals surface area contributed by atoms with Gasteiger partial charge in [0.1, 0.15) is 0 Å². The van der Waals surface area contributed by atoms with Gasteiger partial charge >= 0.3 is 0 Å². The molecule has 2 heterocycles. The van der Waals surface area contributed by atoms with Gasteiger partial charge in [0.2, 0.25) is 5.91 Å². The average molecular weight is 370 g/mol. The Morgan fingerprint density at radius 2 is 1.96 bits per heavy atom. The van der Waals surface area contributed by atoms with Gasteiger partial charge in [0, 0.05) is 32.3 Å². The van der Waals surface area contributed by atoms with Crippen molar-refractivity contribution < 1.29 is 9.53 Å². The smallest absolute Gasteiger partial charge is 0.237 e. The average Bonchev–Trinajstić information content (AvgIpc) is 2.55. The Bertz CT molecular complexity index is 328. The van der Waals surface area contributed by atoms with Crippen LogP contribution in [0.5, 0.6) is 0 Å². The number of piperidine rings is 1. The number of ether oxygens (including phenoxy) is 1. The molecular weight excluding hydrogens is 337 g/mol. The minimum Gasteiger partial charge on any atom is -0.381 e. The molecular formula is C16H33Cl2N3O2. The molecule has 0 aromatic heterocycles. The molecule has 5 nitrogen and oxygen atoms in total. The largest absolute Gasteiger partial charge is 0.381 e. The van der Waals surface area contributed by atoms with Crippen LogP contribution < -0.4 is 11.1 Å². The van der Waals surface area contributed by atoms with Crippen LogP contribution in [0.25, 0.3) is 0 Å². The highest BCUT2D eigenvalue weighted by atomic mass is 35.5. The quantitative estimate of drug-likeness (QED) is 0.750. The van der Waals surface area contributed by atoms with E-state index in [2.05, 4.69) is 17.1 Å². The second kappa shape index (κ2) is 12.3. The fourth-order valence-electron chi connectivity index (χ4n) is 3.55. The molecule has 23 heavy (non-hydrogen) atoms. The van der Waals surface area contributed by atoms with Crippen LogP contribution in [0.3, 0.4) is 0 Å². The van der Waals surface area contributed by atoms with E-state index in [1.807, 2.05) is 0 Å². The minimum absolute atomic E-state index is 0. The van der Waals surface area contributed by atoms with Gasteiger partial charge in [-0.05, 0) is 44.6 Å². The Kier molecular flexibility index (Phi) is 12.3. The van der Waals surface area contributed by atoms with E-state index in [0.29, 0.717) is 12.6 Å². The maximum absolute atomic E-state index is 12.1. The van der Waals surface area contributed by atoms with Crippen LogP contribution in [0.15, 0.2) is 0 Å². The predicted molar refractivity (Wildman–Crippen MR) is 98.5 cm³/mol. The summed E-state index contributed by atoms with van der Waals surface area (Å²) in [4.78, 5) is 14.7. The Morgan fingerprint density at radius 1 is 1.26 bits per heavy atom. The summed E-state index contributed by atoms with van der Waals surface area (Å²) in [7, 11) is 0. The van der Waals surface area contributed by atoms with Crippen molar-refractivity contribution in [2.24, 2.45) is 11.7 Å². The molecule has 0 radical (unpaired) electrons. The van der Waals surface area contributed by atoms with E-state index in [0.717, 1.165) is 32.6 Å². The standard InChI is InChI=1S/C16H31N3O2.2ClH/c1-2-14-5-3-4-9-19(14)10-8-18-16(20)15(17)13-6-11-21-12-7-13;;/h13-15H,2-12,17H2,1H3,(H,18,20);2*1H. The summed E-state index contributed by atoms with van der Waals surface area (Å²) >= 11 is 0. The van der Waals surface area contributed by atoms with Crippen molar-refractivity contribution in [3.05, 3.63) is 0 Å². The summed E-state index contributed by atoms with van der Waals surface area (Å²) in [5.74, 6) is 0.282. The monoisotopic (exact) mass is 369 g/mol. The molecule has 2 saturated heterocycles. The lowest BCUT2D eigenvalue weighted by Crippen LogP contribution is -2.49. The van der Waals surface area contributed by atoms with E-state index in [1.54, 1.807) is 0 Å². The topological polar surface area (TPSA) is 67.6 Å². The third-order valence-corrected chi connectivity index (χ3v) is 5.00. The molecule has 0 spiro atoms. The molecule has 2 aliphatic heterocycles. The van der Waals surface area contributed by atoms with Crippen molar-refractivity contribution in [1.82, 2.24) is 10.2 Å². The number of nitrogens with one attached hydrogen (secondary N) is 1. The maximum atomic E-state index is 12.1. The van der Waals surface area contributed by atoms with Crippen LogP contribution in [-0.4, -0.2) is 55.7 Å². The fourth-order valence-corrected chi connectivity index (χ4v) is 3.55. The highest BCUT2D eigenvalue weighted by Gasteiger charge is 2.26. The number of hydrogen-bond donors (Lipinski definition) is 2. The molecule has 2 fully saturated rings. The number of nitrogens with zero attached hydrogens (tertiary/aromatic N) is 1. The number of hydrogen-bond acceptors (Lipinski definition) is 4. The summed E-state index contributed by atoms with van der Waals surface area (Å²) in [5.41, 5.74) is 6.08. The zero-order valence-electron chi connectivity index (χ0n) is 14.2. The number of carbonyl (C=O) groups excluding carboxylic acids is 1. The summed E-state index contributed by atoms with van der Waals surface area (Å²) < 4.78 is 5.32. The van der Waals surface area contributed by atoms with Gasteiger partial charge in [0.15, 0.2) is 0 Å². The van der Waals surface area contributed by atoms with Crippen LogP contribution >= 0.6 is 24.8 Å². The third kappa shape index (κ3) is 7.14. The molecule has 1 amide bonds. The van der Waals surface area contributed by atoms with E-state index in [9.17, 15) is 4.79 Å². The summed E-state index contributed by atoms with van der Waals surface area (Å²) in [6, 6.07) is 0.317. The van der Waals surface area contributed by atoms with E-state index in [4.69, 9.17) is 10.5 Å². The van der Waals surface area contributed by atoms with Crippen molar-refractivity contribution in [3.8, 4) is 0 Å². The lowest BCUT2D eigenvalue weighted by Gasteiger charge is -2.35. The second-order valence-corrected chi connectivity index (χ2v) is 6.36. The number of carbonyl (C=O) groups is 1. The first-order valence-corrected chi connectivity index (χ1v) is 8.57. The van der Waals surface area contributed by atoms with Crippen LogP contribution in [0.2, 0.25) is 0 Å². The molecule has 0 bridgehead atoms. The lowest BCUT2D eigenvalue weighted by molar-refractivity contribution is -0.124. The molecule has 2 atom stereocenters. The molecule has 2 aliphatic rings. The third-order valence-electron chi connectivity index (χ3n) is 5.00. The molecule has 3 N–H and O–H groups in total. The number of amides is 1. The van der Waals surface area contributed by atoms with E-state index in [1.165, 1.54) is 32.2 Å². The normalized spacial score (nSPS) is 24.2. The maximum Gasteiger partial charge on any atom is 0.237 e. The van der Waals surface area contributed by atoms with Crippen molar-refractivity contribution >= 4 is 30.7 Å². The van der Waals surface area contributed by atoms with Gasteiger partial charge in [0.05, 0.1) is 6.04 Å². The first-order valence-electron chi connectivity index (χ1n) is 8.57. The molecule has 2 rings (SSSR count). The van der Waals surface area contributed by atoms with Gasteiger partial charge in [0.25, 0.3) is 0 Å². The lowest BCUT2D eigenvalue weighted by atomic mass is 9.92. The van der Waals surface area contributed by atoms with Crippen LogP contribution in [-0.2, 0) is 9.53 Å². The van der Waals surface area contributed by atoms with Gasteiger partial charge < -0.3 is 15.8 Å². The first-order chi connectivity index (χ1) is 10.2. The Labute approximate surface area is 152 Å². The minimum atomic E-state index is -0.378. The zero-order valence-corrected chi connectivity index (χ0v) is 15.8. The molecule has 0 saturated carbocycles. The molecule has 7 heteroatoms. The summed E-state index contributed by atoms with van der Waals surface area (Å²) in [6.45, 7) is 6.55. The first kappa shape index (κ1) is 22.9. The number of rotatable bonds is 6. The predicted octanol–water partition coefficient (Wildman–Crippen LogP) is 1.96. The Hall–Kier alpha value is -0.0700. The zero-order chi connectivity index (χ0) is 15.1. The molecule has 0 aromatic rings. The molecule has 138 valence electrons. The van der Waals surface area contributed by atoms with E-state index < -0.39 is 0 Å². The molecule has 0 aromatic carbocycles. The summed E-state index contributed by atoms with van der Waals surface area (Å²) in [5, 5.41) is 3.03. The highest BCUT2D eigenvalue weighted by Crippen LogP contribution is 2.19. The molecule has 0 aliphatic carbocycles. The van der Waals surface area contributed by atoms with Crippen LogP contribution in [0, 0.1) is 5.92 Å². The van der Waals surface area contributed by atoms with Gasteiger partial charge in [-0.15, -0.1) is 24.8 Å². The van der Waals surface area contributed by atoms with Crippen molar-refractivity contribution in [1.29, 1.82) is 0 Å². The Morgan fingerprint density at radius 3 is 2.61 bits per heavy atom. The van der Waals surface area contributed by atoms with Gasteiger partial charge in [-0.1, -0.05) is 13.3 Å². The molecule has 2 unspecified atom stereocenters. The Balaban J connectivity index is 0.00000242. The van der Waals surface area contributed by atoms with Crippen molar-refractivity contribution in [3.63, 3.8) is 0 Å². The van der Waals surface area contributed by atoms with Gasteiger partial charge in [-0.25, -0.2) is 0 Å². The SMILES string of the molecule is CCC1CCCCN1CCNC(=O)C(N)C1CCOCC1.Cl.Cl. The number of likely N-dealkylation sites (tertiary alicyclic amines) is 1. The van der Waals surface area contributed by atoms with Crippen molar-refractivity contribution in [2.75, 3.05) is 32.8 Å². The fraction of sp³-hybridized carbons (Fsp3) is 0.938. The summed E-state index contributed by atoms with van der Waals surface area (Å²) in [6.07, 6.45) is 6.93. The van der Waals surface area contributed by atoms with Crippen LogP contribution in [0.4, 0.5) is 0 Å². The van der Waals surface area contributed by atoms with E-state index >= 15 is 0 Å². The second-order valence-electron chi connectivity index (χ2n) is 6.36. The van der Waals surface area contributed by atoms with Crippen LogP contribution in [0.1, 0.15) is 45.4 Å². The van der Waals surface area contributed by atoms with Gasteiger partial charge in [-0.2, -0.15) is 0 Å². The highest BCUT2D eigenvalue weighted by molar-refractivity contribution is 5.85. The number of halogens is 2. The van der Waals surface area contributed by atoms with E-state index in [-0.39, 0.29) is 42.7 Å².